The summed E-state index contributed by atoms with van der Waals surface area (Å²) in [7, 11) is 1.47. The van der Waals surface area contributed by atoms with Crippen molar-refractivity contribution in [2.45, 2.75) is 45.4 Å². The molecule has 0 aromatic carbocycles. The minimum absolute atomic E-state index is 0.149. The normalized spacial score (nSPS) is 12.3. The average molecular weight is 318 g/mol. The Kier molecular flexibility index (Phi) is 3.88. The zero-order chi connectivity index (χ0) is 15.1. The first-order chi connectivity index (χ1) is 9.25. The molecule has 2 heterocycles. The second-order valence-corrected chi connectivity index (χ2v) is 7.15. The minimum Gasteiger partial charge on any atom is -0.293 e. The zero-order valence-corrected chi connectivity index (χ0v) is 13.3. The molecule has 7 nitrogen and oxygen atoms in total. The Hall–Kier alpha value is -1.41. The fourth-order valence-corrected chi connectivity index (χ4v) is 3.04. The summed E-state index contributed by atoms with van der Waals surface area (Å²) in [5, 5.41) is 11.8. The first-order valence-corrected chi connectivity index (χ1v) is 8.51. The van der Waals surface area contributed by atoms with Gasteiger partial charge in [0.05, 0.1) is 5.69 Å². The molecule has 110 valence electrons. The van der Waals surface area contributed by atoms with E-state index in [1.165, 1.54) is 4.57 Å². The third-order valence-electron chi connectivity index (χ3n) is 2.83. The number of hydrogen-bond donors (Lipinski definition) is 0. The van der Waals surface area contributed by atoms with Crippen molar-refractivity contribution in [2.75, 3.05) is 0 Å². The van der Waals surface area contributed by atoms with Crippen LogP contribution in [-0.2, 0) is 15.6 Å². The number of aryl methyl sites for hydroxylation is 2. The first kappa shape index (κ1) is 15.0. The average Bonchev–Trinajstić information content (AvgIpc) is 2.90. The maximum absolute atomic E-state index is 11.6. The van der Waals surface area contributed by atoms with E-state index in [9.17, 15) is 8.42 Å². The van der Waals surface area contributed by atoms with Gasteiger partial charge < -0.3 is 0 Å². The summed E-state index contributed by atoms with van der Waals surface area (Å²) in [5.74, 6) is 0.446. The van der Waals surface area contributed by atoms with E-state index in [-0.39, 0.29) is 11.2 Å². The third kappa shape index (κ3) is 2.57. The fourth-order valence-electron chi connectivity index (χ4n) is 2.05. The van der Waals surface area contributed by atoms with Crippen LogP contribution in [0.1, 0.15) is 32.5 Å². The lowest BCUT2D eigenvalue weighted by Gasteiger charge is -2.12. The van der Waals surface area contributed by atoms with Crippen molar-refractivity contribution in [1.82, 2.24) is 24.5 Å². The lowest BCUT2D eigenvalue weighted by atomic mass is 10.3. The van der Waals surface area contributed by atoms with Gasteiger partial charge in [-0.05, 0) is 33.8 Å². The van der Waals surface area contributed by atoms with Crippen LogP contribution in [0.25, 0.3) is 11.5 Å². The van der Waals surface area contributed by atoms with E-state index in [2.05, 4.69) is 15.3 Å². The van der Waals surface area contributed by atoms with E-state index in [1.807, 2.05) is 33.8 Å². The Labute approximate surface area is 122 Å². The Morgan fingerprint density at radius 3 is 2.50 bits per heavy atom. The first-order valence-electron chi connectivity index (χ1n) is 6.20. The van der Waals surface area contributed by atoms with E-state index in [0.29, 0.717) is 12.4 Å². The Bertz CT molecular complexity index is 732. The SMILES string of the molecule is CCn1nc(C)cc1-c1nnc(S(=O)(=O)Cl)n1C(C)C. The van der Waals surface area contributed by atoms with Crippen LogP contribution in [0.5, 0.6) is 0 Å². The molecule has 0 aliphatic carbocycles. The summed E-state index contributed by atoms with van der Waals surface area (Å²) < 4.78 is 26.4. The van der Waals surface area contributed by atoms with Crippen LogP contribution in [0.15, 0.2) is 11.2 Å². The topological polar surface area (TPSA) is 82.7 Å². The quantitative estimate of drug-likeness (QED) is 0.805. The molecular weight excluding hydrogens is 302 g/mol. The number of nitrogens with zero attached hydrogens (tertiary/aromatic N) is 5. The summed E-state index contributed by atoms with van der Waals surface area (Å²) >= 11 is 0. The van der Waals surface area contributed by atoms with Gasteiger partial charge in [0.15, 0.2) is 5.82 Å². The van der Waals surface area contributed by atoms with Gasteiger partial charge in [0.1, 0.15) is 5.69 Å². The summed E-state index contributed by atoms with van der Waals surface area (Å²) in [6.07, 6.45) is 0. The molecule has 0 aliphatic rings. The van der Waals surface area contributed by atoms with Gasteiger partial charge in [0.2, 0.25) is 0 Å². The molecule has 0 spiro atoms. The van der Waals surface area contributed by atoms with Crippen LogP contribution in [-0.4, -0.2) is 33.0 Å². The van der Waals surface area contributed by atoms with Crippen molar-refractivity contribution in [3.63, 3.8) is 0 Å². The standard InChI is InChI=1S/C11H16ClN5O2S/c1-5-16-9(6-8(4)15-16)10-13-14-11(20(12,18)19)17(10)7(2)3/h6-7H,5H2,1-4H3. The molecule has 2 aromatic heterocycles. The van der Waals surface area contributed by atoms with E-state index >= 15 is 0 Å². The van der Waals surface area contributed by atoms with E-state index in [0.717, 1.165) is 11.4 Å². The predicted molar refractivity (Wildman–Crippen MR) is 75.1 cm³/mol. The predicted octanol–water partition coefficient (Wildman–Crippen LogP) is 1.98. The number of rotatable bonds is 4. The summed E-state index contributed by atoms with van der Waals surface area (Å²) in [5.41, 5.74) is 1.55. The monoisotopic (exact) mass is 317 g/mol. The van der Waals surface area contributed by atoms with Crippen LogP contribution >= 0.6 is 10.7 Å². The summed E-state index contributed by atoms with van der Waals surface area (Å²) in [6, 6.07) is 1.70. The van der Waals surface area contributed by atoms with Gasteiger partial charge in [0, 0.05) is 23.3 Å². The van der Waals surface area contributed by atoms with Crippen molar-refractivity contribution in [3.05, 3.63) is 11.8 Å². The van der Waals surface area contributed by atoms with Crippen molar-refractivity contribution >= 4 is 19.7 Å². The van der Waals surface area contributed by atoms with Crippen molar-refractivity contribution in [1.29, 1.82) is 0 Å². The second-order valence-electron chi connectivity index (χ2n) is 4.69. The van der Waals surface area contributed by atoms with Crippen LogP contribution in [0.3, 0.4) is 0 Å². The van der Waals surface area contributed by atoms with Gasteiger partial charge >= 0.3 is 0 Å². The molecule has 0 aliphatic heterocycles. The van der Waals surface area contributed by atoms with E-state index in [4.69, 9.17) is 10.7 Å². The molecule has 2 aromatic rings. The lowest BCUT2D eigenvalue weighted by molar-refractivity contribution is 0.527. The molecule has 0 saturated carbocycles. The Morgan fingerprint density at radius 1 is 1.35 bits per heavy atom. The lowest BCUT2D eigenvalue weighted by Crippen LogP contribution is -2.11. The largest absolute Gasteiger partial charge is 0.296 e. The molecular formula is C11H16ClN5O2S. The molecule has 0 atom stereocenters. The molecule has 0 radical (unpaired) electrons. The molecule has 0 unspecified atom stereocenters. The summed E-state index contributed by atoms with van der Waals surface area (Å²) in [4.78, 5) is 0. The molecule has 0 saturated heterocycles. The van der Waals surface area contributed by atoms with Gasteiger partial charge in [-0.3, -0.25) is 9.25 Å². The highest BCUT2D eigenvalue weighted by molar-refractivity contribution is 8.13. The highest BCUT2D eigenvalue weighted by Gasteiger charge is 2.26. The molecule has 0 N–H and O–H groups in total. The molecule has 0 amide bonds. The van der Waals surface area contributed by atoms with Gasteiger partial charge in [-0.25, -0.2) is 8.42 Å². The van der Waals surface area contributed by atoms with Crippen molar-refractivity contribution < 1.29 is 8.42 Å². The number of halogens is 1. The molecule has 9 heteroatoms. The van der Waals surface area contributed by atoms with Crippen LogP contribution in [0, 0.1) is 6.92 Å². The van der Waals surface area contributed by atoms with Crippen LogP contribution < -0.4 is 0 Å². The van der Waals surface area contributed by atoms with Crippen molar-refractivity contribution in [3.8, 4) is 11.5 Å². The number of aromatic nitrogens is 5. The van der Waals surface area contributed by atoms with Gasteiger partial charge in [0.25, 0.3) is 14.2 Å². The van der Waals surface area contributed by atoms with Gasteiger partial charge in [-0.1, -0.05) is 0 Å². The molecule has 2 rings (SSSR count). The van der Waals surface area contributed by atoms with Gasteiger partial charge in [-0.2, -0.15) is 5.10 Å². The smallest absolute Gasteiger partial charge is 0.293 e. The van der Waals surface area contributed by atoms with E-state index < -0.39 is 9.05 Å². The second kappa shape index (κ2) is 5.17. The van der Waals surface area contributed by atoms with Crippen molar-refractivity contribution in [2.24, 2.45) is 0 Å². The van der Waals surface area contributed by atoms with Gasteiger partial charge in [-0.15, -0.1) is 10.2 Å². The number of hydrogen-bond acceptors (Lipinski definition) is 5. The minimum atomic E-state index is -3.95. The Morgan fingerprint density at radius 2 is 2.00 bits per heavy atom. The van der Waals surface area contributed by atoms with E-state index in [1.54, 1.807) is 4.68 Å². The molecule has 0 bridgehead atoms. The van der Waals surface area contributed by atoms with Crippen LogP contribution in [0.2, 0.25) is 0 Å². The third-order valence-corrected chi connectivity index (χ3v) is 3.96. The highest BCUT2D eigenvalue weighted by atomic mass is 35.7. The maximum atomic E-state index is 11.6. The van der Waals surface area contributed by atoms with Crippen LogP contribution in [0.4, 0.5) is 0 Å². The summed E-state index contributed by atoms with van der Waals surface area (Å²) in [6.45, 7) is 8.16. The zero-order valence-electron chi connectivity index (χ0n) is 11.7. The molecule has 20 heavy (non-hydrogen) atoms. The highest BCUT2D eigenvalue weighted by Crippen LogP contribution is 2.26. The Balaban J connectivity index is 2.72. The maximum Gasteiger partial charge on any atom is 0.296 e. The molecule has 0 fully saturated rings. The fraction of sp³-hybridized carbons (Fsp3) is 0.545.